The fourth-order valence-corrected chi connectivity index (χ4v) is 1.48. The number of carbonyl (C=O) groups is 1. The molecule has 2 aromatic rings. The average molecular weight is 212 g/mol. The summed E-state index contributed by atoms with van der Waals surface area (Å²) in [7, 11) is 0. The predicted octanol–water partition coefficient (Wildman–Crippen LogP) is 2.09. The second-order valence-electron chi connectivity index (χ2n) is 3.55. The van der Waals surface area contributed by atoms with Crippen molar-refractivity contribution in [3.8, 4) is 0 Å². The van der Waals surface area contributed by atoms with Gasteiger partial charge in [0.05, 0.1) is 6.42 Å². The molecular formula is C13H12N2O. The van der Waals surface area contributed by atoms with Crippen LogP contribution in [-0.2, 0) is 6.42 Å². The number of carbonyl (C=O) groups excluding carboxylic acids is 1. The van der Waals surface area contributed by atoms with Crippen molar-refractivity contribution in [2.75, 3.05) is 5.73 Å². The van der Waals surface area contributed by atoms with Crippen molar-refractivity contribution in [2.24, 2.45) is 0 Å². The fourth-order valence-electron chi connectivity index (χ4n) is 1.48. The van der Waals surface area contributed by atoms with Crippen LogP contribution in [0.15, 0.2) is 48.7 Å². The Morgan fingerprint density at radius 3 is 2.75 bits per heavy atom. The Morgan fingerprint density at radius 1 is 1.19 bits per heavy atom. The molecular weight excluding hydrogens is 200 g/mol. The highest BCUT2D eigenvalue weighted by Crippen LogP contribution is 2.09. The van der Waals surface area contributed by atoms with Crippen LogP contribution in [0, 0.1) is 0 Å². The molecule has 16 heavy (non-hydrogen) atoms. The highest BCUT2D eigenvalue weighted by molar-refractivity contribution is 5.97. The molecule has 80 valence electrons. The Balaban J connectivity index is 2.15. The molecule has 0 fully saturated rings. The smallest absolute Gasteiger partial charge is 0.168 e. The molecule has 2 N–H and O–H groups in total. The molecule has 3 nitrogen and oxygen atoms in total. The standard InChI is InChI=1S/C13H12N2O/c14-11-5-3-4-10(8-11)13(16)9-12-6-1-2-7-15-12/h1-8H,9,14H2. The van der Waals surface area contributed by atoms with Crippen LogP contribution in [0.3, 0.4) is 0 Å². The molecule has 0 radical (unpaired) electrons. The molecule has 0 saturated heterocycles. The van der Waals surface area contributed by atoms with Crippen molar-refractivity contribution in [2.45, 2.75) is 6.42 Å². The number of nitrogens with two attached hydrogens (primary N) is 1. The van der Waals surface area contributed by atoms with E-state index in [9.17, 15) is 4.79 Å². The van der Waals surface area contributed by atoms with E-state index in [1.54, 1.807) is 30.5 Å². The van der Waals surface area contributed by atoms with Crippen molar-refractivity contribution < 1.29 is 4.79 Å². The van der Waals surface area contributed by atoms with E-state index < -0.39 is 0 Å². The molecule has 1 heterocycles. The summed E-state index contributed by atoms with van der Waals surface area (Å²) in [5, 5.41) is 0. The Bertz CT molecular complexity index is 494. The van der Waals surface area contributed by atoms with Crippen LogP contribution in [0.25, 0.3) is 0 Å². The molecule has 0 aliphatic carbocycles. The Hall–Kier alpha value is -2.16. The number of nitrogens with zero attached hydrogens (tertiary/aromatic N) is 1. The third kappa shape index (κ3) is 2.45. The number of Topliss-reactive ketones (excluding diaryl/α,β-unsaturated/α-hetero) is 1. The predicted molar refractivity (Wildman–Crippen MR) is 63.1 cm³/mol. The molecule has 0 spiro atoms. The lowest BCUT2D eigenvalue weighted by molar-refractivity contribution is 0.0992. The summed E-state index contributed by atoms with van der Waals surface area (Å²) < 4.78 is 0. The molecule has 0 saturated carbocycles. The van der Waals surface area contributed by atoms with Crippen LogP contribution >= 0.6 is 0 Å². The maximum atomic E-state index is 11.9. The van der Waals surface area contributed by atoms with E-state index in [0.717, 1.165) is 5.69 Å². The minimum atomic E-state index is 0.0333. The summed E-state index contributed by atoms with van der Waals surface area (Å²) in [5.41, 5.74) is 7.63. The number of benzene rings is 1. The van der Waals surface area contributed by atoms with Gasteiger partial charge in [0.1, 0.15) is 0 Å². The van der Waals surface area contributed by atoms with Gasteiger partial charge >= 0.3 is 0 Å². The van der Waals surface area contributed by atoms with Crippen LogP contribution < -0.4 is 5.73 Å². The van der Waals surface area contributed by atoms with Crippen molar-refractivity contribution in [1.82, 2.24) is 4.98 Å². The van der Waals surface area contributed by atoms with E-state index in [-0.39, 0.29) is 5.78 Å². The van der Waals surface area contributed by atoms with E-state index in [0.29, 0.717) is 17.7 Å². The number of aromatic nitrogens is 1. The van der Waals surface area contributed by atoms with E-state index in [1.807, 2.05) is 18.2 Å². The normalized spacial score (nSPS) is 10.0. The molecule has 0 aliphatic rings. The Morgan fingerprint density at radius 2 is 2.06 bits per heavy atom. The van der Waals surface area contributed by atoms with Crippen LogP contribution in [-0.4, -0.2) is 10.8 Å². The Labute approximate surface area is 93.9 Å². The van der Waals surface area contributed by atoms with Gasteiger partial charge in [0.25, 0.3) is 0 Å². The fraction of sp³-hybridized carbons (Fsp3) is 0.0769. The molecule has 1 aromatic carbocycles. The monoisotopic (exact) mass is 212 g/mol. The van der Waals surface area contributed by atoms with Crippen LogP contribution in [0.2, 0.25) is 0 Å². The number of pyridine rings is 1. The summed E-state index contributed by atoms with van der Waals surface area (Å²) in [6.07, 6.45) is 1.99. The van der Waals surface area contributed by atoms with Crippen molar-refractivity contribution in [1.29, 1.82) is 0 Å². The van der Waals surface area contributed by atoms with Gasteiger partial charge in [-0.2, -0.15) is 0 Å². The van der Waals surface area contributed by atoms with Gasteiger partial charge in [0, 0.05) is 23.1 Å². The minimum absolute atomic E-state index is 0.0333. The SMILES string of the molecule is Nc1cccc(C(=O)Cc2ccccn2)c1. The van der Waals surface area contributed by atoms with Gasteiger partial charge in [-0.3, -0.25) is 9.78 Å². The van der Waals surface area contributed by atoms with Gasteiger partial charge in [-0.25, -0.2) is 0 Å². The summed E-state index contributed by atoms with van der Waals surface area (Å²) in [5.74, 6) is 0.0333. The average Bonchev–Trinajstić information content (AvgIpc) is 2.30. The molecule has 0 amide bonds. The third-order valence-electron chi connectivity index (χ3n) is 2.28. The lowest BCUT2D eigenvalue weighted by Gasteiger charge is -2.01. The Kier molecular flexibility index (Phi) is 2.96. The van der Waals surface area contributed by atoms with E-state index in [4.69, 9.17) is 5.73 Å². The maximum Gasteiger partial charge on any atom is 0.168 e. The first-order valence-corrected chi connectivity index (χ1v) is 5.04. The van der Waals surface area contributed by atoms with Crippen LogP contribution in [0.1, 0.15) is 16.1 Å². The zero-order valence-electron chi connectivity index (χ0n) is 8.76. The zero-order chi connectivity index (χ0) is 11.4. The second kappa shape index (κ2) is 4.57. The van der Waals surface area contributed by atoms with E-state index in [1.165, 1.54) is 0 Å². The summed E-state index contributed by atoms with van der Waals surface area (Å²) >= 11 is 0. The summed E-state index contributed by atoms with van der Waals surface area (Å²) in [6.45, 7) is 0. The maximum absolute atomic E-state index is 11.9. The molecule has 0 bridgehead atoms. The lowest BCUT2D eigenvalue weighted by atomic mass is 10.1. The van der Waals surface area contributed by atoms with Crippen molar-refractivity contribution in [3.05, 3.63) is 59.9 Å². The van der Waals surface area contributed by atoms with E-state index >= 15 is 0 Å². The molecule has 2 rings (SSSR count). The van der Waals surface area contributed by atoms with Crippen LogP contribution in [0.5, 0.6) is 0 Å². The molecule has 0 aliphatic heterocycles. The number of nitrogen functional groups attached to an aromatic ring is 1. The summed E-state index contributed by atoms with van der Waals surface area (Å²) in [4.78, 5) is 16.0. The number of rotatable bonds is 3. The van der Waals surface area contributed by atoms with E-state index in [2.05, 4.69) is 4.98 Å². The number of hydrogen-bond acceptors (Lipinski definition) is 3. The molecule has 3 heteroatoms. The van der Waals surface area contributed by atoms with Gasteiger partial charge < -0.3 is 5.73 Å². The first-order valence-electron chi connectivity index (χ1n) is 5.04. The van der Waals surface area contributed by atoms with Gasteiger partial charge in [-0.15, -0.1) is 0 Å². The highest BCUT2D eigenvalue weighted by Gasteiger charge is 2.07. The number of ketones is 1. The largest absolute Gasteiger partial charge is 0.399 e. The highest BCUT2D eigenvalue weighted by atomic mass is 16.1. The molecule has 0 atom stereocenters. The molecule has 1 aromatic heterocycles. The quantitative estimate of drug-likeness (QED) is 0.626. The van der Waals surface area contributed by atoms with Crippen LogP contribution in [0.4, 0.5) is 5.69 Å². The van der Waals surface area contributed by atoms with Gasteiger partial charge in [0.2, 0.25) is 0 Å². The van der Waals surface area contributed by atoms with Crippen molar-refractivity contribution in [3.63, 3.8) is 0 Å². The first-order chi connectivity index (χ1) is 7.75. The van der Waals surface area contributed by atoms with Gasteiger partial charge in [-0.1, -0.05) is 18.2 Å². The zero-order valence-corrected chi connectivity index (χ0v) is 8.76. The number of hydrogen-bond donors (Lipinski definition) is 1. The summed E-state index contributed by atoms with van der Waals surface area (Å²) in [6, 6.07) is 12.5. The topological polar surface area (TPSA) is 56.0 Å². The minimum Gasteiger partial charge on any atom is -0.399 e. The lowest BCUT2D eigenvalue weighted by Crippen LogP contribution is -2.05. The first kappa shape index (κ1) is 10.4. The third-order valence-corrected chi connectivity index (χ3v) is 2.28. The second-order valence-corrected chi connectivity index (χ2v) is 3.55. The van der Waals surface area contributed by atoms with Crippen molar-refractivity contribution >= 4 is 11.5 Å². The molecule has 0 unspecified atom stereocenters. The van der Waals surface area contributed by atoms with Gasteiger partial charge in [-0.05, 0) is 24.3 Å². The van der Waals surface area contributed by atoms with Gasteiger partial charge in [0.15, 0.2) is 5.78 Å². The number of anilines is 1.